The molecule has 1 aliphatic heterocycles. The third-order valence-electron chi connectivity index (χ3n) is 3.38. The number of unbranched alkanes of at least 4 members (excludes halogenated alkanes) is 1. The van der Waals surface area contributed by atoms with Crippen molar-refractivity contribution in [2.45, 2.75) is 31.7 Å². The zero-order valence-electron chi connectivity index (χ0n) is 10.5. The molecule has 4 heteroatoms. The Labute approximate surface area is 119 Å². The third-order valence-corrected chi connectivity index (χ3v) is 3.97. The molecule has 2 nitrogen and oxygen atoms in total. The summed E-state index contributed by atoms with van der Waals surface area (Å²) in [5, 5.41) is 8.43. The van der Waals surface area contributed by atoms with Crippen LogP contribution >= 0.6 is 23.2 Å². The number of halogens is 2. The second kappa shape index (κ2) is 7.34. The highest BCUT2D eigenvalue weighted by molar-refractivity contribution is 6.35. The van der Waals surface area contributed by atoms with Crippen LogP contribution in [0.1, 0.15) is 24.8 Å². The first-order valence-electron chi connectivity index (χ1n) is 6.64. The molecule has 0 saturated carbocycles. The van der Waals surface area contributed by atoms with Gasteiger partial charge in [-0.1, -0.05) is 29.3 Å². The van der Waals surface area contributed by atoms with Crippen LogP contribution in [0.4, 0.5) is 0 Å². The lowest BCUT2D eigenvalue weighted by Gasteiger charge is -2.11. The zero-order valence-corrected chi connectivity index (χ0v) is 12.0. The minimum Gasteiger partial charge on any atom is -0.315 e. The smallest absolute Gasteiger partial charge is 0.0452 e. The largest absolute Gasteiger partial charge is 0.315 e. The number of aryl methyl sites for hydroxylation is 1. The highest BCUT2D eigenvalue weighted by Crippen LogP contribution is 2.22. The van der Waals surface area contributed by atoms with Gasteiger partial charge in [0, 0.05) is 22.6 Å². The molecule has 1 atom stereocenters. The molecule has 1 saturated heterocycles. The molecule has 0 spiro atoms. The summed E-state index contributed by atoms with van der Waals surface area (Å²) in [5.41, 5.74) is 1.20. The van der Waals surface area contributed by atoms with Crippen LogP contribution in [0, 0.1) is 0 Å². The second-order valence-electron chi connectivity index (χ2n) is 4.84. The second-order valence-corrected chi connectivity index (χ2v) is 5.68. The van der Waals surface area contributed by atoms with E-state index in [0.717, 1.165) is 37.5 Å². The molecule has 2 rings (SSSR count). The van der Waals surface area contributed by atoms with E-state index in [1.807, 2.05) is 18.2 Å². The fraction of sp³-hybridized carbons (Fsp3) is 0.571. The number of benzene rings is 1. The van der Waals surface area contributed by atoms with E-state index >= 15 is 0 Å². The fourth-order valence-electron chi connectivity index (χ4n) is 2.30. The lowest BCUT2D eigenvalue weighted by molar-refractivity contribution is 0.526. The molecule has 1 aliphatic rings. The van der Waals surface area contributed by atoms with Crippen LogP contribution in [-0.2, 0) is 6.42 Å². The van der Waals surface area contributed by atoms with E-state index in [0.29, 0.717) is 11.1 Å². The maximum atomic E-state index is 6.14. The molecule has 18 heavy (non-hydrogen) atoms. The number of hydrogen-bond acceptors (Lipinski definition) is 2. The van der Waals surface area contributed by atoms with Gasteiger partial charge in [0.05, 0.1) is 0 Å². The Hall–Kier alpha value is -0.280. The minimum atomic E-state index is 0.670. The standard InChI is InChI=1S/C14H20Cl2N2/c15-12-5-4-11(14(16)9-12)3-1-2-7-18-13-6-8-17-10-13/h4-5,9,13,17-18H,1-3,6-8,10H2. The lowest BCUT2D eigenvalue weighted by atomic mass is 10.1. The van der Waals surface area contributed by atoms with Crippen molar-refractivity contribution in [2.75, 3.05) is 19.6 Å². The predicted octanol–water partition coefficient (Wildman–Crippen LogP) is 3.27. The van der Waals surface area contributed by atoms with Crippen LogP contribution in [0.5, 0.6) is 0 Å². The first-order valence-corrected chi connectivity index (χ1v) is 7.39. The average Bonchev–Trinajstić information content (AvgIpc) is 2.84. The summed E-state index contributed by atoms with van der Waals surface area (Å²) < 4.78 is 0. The molecular formula is C14H20Cl2N2. The Morgan fingerprint density at radius 1 is 1.28 bits per heavy atom. The molecule has 0 amide bonds. The Morgan fingerprint density at radius 2 is 2.17 bits per heavy atom. The Morgan fingerprint density at radius 3 is 2.89 bits per heavy atom. The van der Waals surface area contributed by atoms with Gasteiger partial charge in [-0.25, -0.2) is 0 Å². The van der Waals surface area contributed by atoms with E-state index in [1.54, 1.807) is 0 Å². The number of hydrogen-bond donors (Lipinski definition) is 2. The van der Waals surface area contributed by atoms with E-state index in [4.69, 9.17) is 23.2 Å². The first-order chi connectivity index (χ1) is 8.75. The summed E-state index contributed by atoms with van der Waals surface area (Å²) in [6, 6.07) is 6.43. The van der Waals surface area contributed by atoms with Crippen LogP contribution < -0.4 is 10.6 Å². The van der Waals surface area contributed by atoms with Crippen molar-refractivity contribution in [3.63, 3.8) is 0 Å². The molecule has 100 valence electrons. The van der Waals surface area contributed by atoms with E-state index in [-0.39, 0.29) is 0 Å². The van der Waals surface area contributed by atoms with Gasteiger partial charge in [-0.15, -0.1) is 0 Å². The molecule has 0 aliphatic carbocycles. The maximum absolute atomic E-state index is 6.14. The van der Waals surface area contributed by atoms with Gasteiger partial charge in [0.1, 0.15) is 0 Å². The molecule has 0 bridgehead atoms. The summed E-state index contributed by atoms with van der Waals surface area (Å²) >= 11 is 12.0. The molecule has 2 N–H and O–H groups in total. The summed E-state index contributed by atoms with van der Waals surface area (Å²) in [6.45, 7) is 3.36. The SMILES string of the molecule is Clc1ccc(CCCCNC2CCNC2)c(Cl)c1. The Bertz CT molecular complexity index is 376. The number of nitrogens with one attached hydrogen (secondary N) is 2. The monoisotopic (exact) mass is 286 g/mol. The quantitative estimate of drug-likeness (QED) is 0.785. The van der Waals surface area contributed by atoms with Crippen molar-refractivity contribution in [1.29, 1.82) is 0 Å². The Kier molecular flexibility index (Phi) is 5.77. The molecule has 1 aromatic rings. The van der Waals surface area contributed by atoms with Crippen molar-refractivity contribution in [3.8, 4) is 0 Å². The summed E-state index contributed by atoms with van der Waals surface area (Å²) in [7, 11) is 0. The van der Waals surface area contributed by atoms with Gasteiger partial charge in [0.2, 0.25) is 0 Å². The summed E-state index contributed by atoms with van der Waals surface area (Å²) in [6.07, 6.45) is 4.63. The van der Waals surface area contributed by atoms with Crippen molar-refractivity contribution in [3.05, 3.63) is 33.8 Å². The molecule has 1 heterocycles. The van der Waals surface area contributed by atoms with E-state index in [2.05, 4.69) is 10.6 Å². The normalized spacial score (nSPS) is 19.3. The van der Waals surface area contributed by atoms with Crippen LogP contribution in [0.25, 0.3) is 0 Å². The zero-order chi connectivity index (χ0) is 12.8. The van der Waals surface area contributed by atoms with E-state index in [9.17, 15) is 0 Å². The van der Waals surface area contributed by atoms with E-state index < -0.39 is 0 Å². The Balaban J connectivity index is 1.62. The van der Waals surface area contributed by atoms with Gasteiger partial charge >= 0.3 is 0 Å². The predicted molar refractivity (Wildman–Crippen MR) is 78.7 cm³/mol. The highest BCUT2D eigenvalue weighted by atomic mass is 35.5. The van der Waals surface area contributed by atoms with Gasteiger partial charge in [-0.3, -0.25) is 0 Å². The number of rotatable bonds is 6. The molecule has 0 aromatic heterocycles. The van der Waals surface area contributed by atoms with E-state index in [1.165, 1.54) is 18.4 Å². The lowest BCUT2D eigenvalue weighted by Crippen LogP contribution is -2.31. The van der Waals surface area contributed by atoms with Crippen LogP contribution in [-0.4, -0.2) is 25.7 Å². The summed E-state index contributed by atoms with van der Waals surface area (Å²) in [5.74, 6) is 0. The highest BCUT2D eigenvalue weighted by Gasteiger charge is 2.12. The van der Waals surface area contributed by atoms with Gasteiger partial charge in [-0.2, -0.15) is 0 Å². The van der Waals surface area contributed by atoms with Crippen molar-refractivity contribution >= 4 is 23.2 Å². The molecular weight excluding hydrogens is 267 g/mol. The van der Waals surface area contributed by atoms with Gasteiger partial charge < -0.3 is 10.6 Å². The van der Waals surface area contributed by atoms with Gasteiger partial charge in [0.25, 0.3) is 0 Å². The van der Waals surface area contributed by atoms with Gasteiger partial charge in [-0.05, 0) is 56.5 Å². The minimum absolute atomic E-state index is 0.670. The van der Waals surface area contributed by atoms with Gasteiger partial charge in [0.15, 0.2) is 0 Å². The third kappa shape index (κ3) is 4.43. The molecule has 1 unspecified atom stereocenters. The van der Waals surface area contributed by atoms with Crippen molar-refractivity contribution in [2.24, 2.45) is 0 Å². The van der Waals surface area contributed by atoms with Crippen molar-refractivity contribution < 1.29 is 0 Å². The average molecular weight is 287 g/mol. The van der Waals surface area contributed by atoms with Crippen LogP contribution in [0.2, 0.25) is 10.0 Å². The maximum Gasteiger partial charge on any atom is 0.0452 e. The summed E-state index contributed by atoms with van der Waals surface area (Å²) in [4.78, 5) is 0. The van der Waals surface area contributed by atoms with Crippen LogP contribution in [0.3, 0.4) is 0 Å². The van der Waals surface area contributed by atoms with Crippen molar-refractivity contribution in [1.82, 2.24) is 10.6 Å². The fourth-order valence-corrected chi connectivity index (χ4v) is 2.80. The van der Waals surface area contributed by atoms with Crippen LogP contribution in [0.15, 0.2) is 18.2 Å². The first kappa shape index (κ1) is 14.1. The molecule has 1 fully saturated rings. The topological polar surface area (TPSA) is 24.1 Å². The molecule has 0 radical (unpaired) electrons. The molecule has 1 aromatic carbocycles.